The lowest BCUT2D eigenvalue weighted by Crippen LogP contribution is -2.48. The molecule has 0 radical (unpaired) electrons. The monoisotopic (exact) mass is 547 g/mol. The molecule has 216 valence electrons. The maximum Gasteiger partial charge on any atom is 0.320 e. The molecule has 9 heteroatoms. The summed E-state index contributed by atoms with van der Waals surface area (Å²) in [6.07, 6.45) is 11.2. The number of nitrogens with zero attached hydrogens (tertiary/aromatic N) is 5. The summed E-state index contributed by atoms with van der Waals surface area (Å²) in [5.74, 6) is 1.83. The second kappa shape index (κ2) is 12.7. The van der Waals surface area contributed by atoms with Crippen LogP contribution in [0.25, 0.3) is 0 Å². The number of carboxylic acid groups (broad SMARTS) is 1. The normalized spacial score (nSPS) is 21.6. The highest BCUT2D eigenvalue weighted by molar-refractivity contribution is 5.74. The zero-order valence-corrected chi connectivity index (χ0v) is 24.2. The minimum absolute atomic E-state index is 0.101. The molecule has 0 saturated carbocycles. The molecule has 2 aliphatic rings. The lowest BCUT2D eigenvalue weighted by atomic mass is 9.70. The molecular weight excluding hydrogens is 502 g/mol. The number of aromatic nitrogens is 4. The van der Waals surface area contributed by atoms with Crippen molar-refractivity contribution in [1.82, 2.24) is 34.6 Å². The number of piperidine rings is 1. The van der Waals surface area contributed by atoms with E-state index in [1.54, 1.807) is 12.4 Å². The van der Waals surface area contributed by atoms with Crippen LogP contribution in [0.5, 0.6) is 0 Å². The van der Waals surface area contributed by atoms with Crippen LogP contribution in [-0.2, 0) is 31.0 Å². The van der Waals surface area contributed by atoms with E-state index in [1.165, 1.54) is 11.1 Å². The summed E-state index contributed by atoms with van der Waals surface area (Å²) >= 11 is 0. The molecule has 1 unspecified atom stereocenters. The van der Waals surface area contributed by atoms with E-state index < -0.39 is 12.0 Å². The van der Waals surface area contributed by atoms with E-state index in [1.807, 2.05) is 12.4 Å². The number of aliphatic carboxylic acids is 1. The van der Waals surface area contributed by atoms with Crippen molar-refractivity contribution in [2.75, 3.05) is 19.6 Å². The number of hydrogen-bond donors (Lipinski definition) is 3. The Labute approximate surface area is 238 Å². The number of carboxylic acids is 1. The number of aromatic amines is 2. The van der Waals surface area contributed by atoms with Gasteiger partial charge in [0.25, 0.3) is 0 Å². The highest BCUT2D eigenvalue weighted by Gasteiger charge is 2.54. The van der Waals surface area contributed by atoms with Gasteiger partial charge in [-0.25, -0.2) is 9.97 Å². The van der Waals surface area contributed by atoms with Crippen LogP contribution < -0.4 is 0 Å². The summed E-state index contributed by atoms with van der Waals surface area (Å²) in [6.45, 7) is 12.9. The Hall–Kier alpha value is -3.01. The highest BCUT2D eigenvalue weighted by atomic mass is 16.4. The van der Waals surface area contributed by atoms with Crippen LogP contribution >= 0.6 is 0 Å². The van der Waals surface area contributed by atoms with Crippen LogP contribution in [0.2, 0.25) is 0 Å². The number of rotatable bonds is 12. The molecule has 2 aromatic heterocycles. The molecule has 5 rings (SSSR count). The molecular formula is C31H45N7O2. The molecule has 40 heavy (non-hydrogen) atoms. The molecule has 3 N–H and O–H groups in total. The van der Waals surface area contributed by atoms with Gasteiger partial charge < -0.3 is 20.0 Å². The molecule has 0 aliphatic carbocycles. The van der Waals surface area contributed by atoms with Crippen molar-refractivity contribution in [2.45, 2.75) is 84.7 Å². The Kier molecular flexibility index (Phi) is 9.03. The maximum absolute atomic E-state index is 12.5. The van der Waals surface area contributed by atoms with Crippen LogP contribution in [-0.4, -0.2) is 77.4 Å². The number of imidazole rings is 2. The van der Waals surface area contributed by atoms with E-state index in [-0.39, 0.29) is 5.41 Å². The molecule has 4 heterocycles. The van der Waals surface area contributed by atoms with Crippen molar-refractivity contribution in [3.05, 3.63) is 71.8 Å². The van der Waals surface area contributed by atoms with E-state index >= 15 is 0 Å². The number of carbonyl (C=O) groups is 1. The van der Waals surface area contributed by atoms with Crippen molar-refractivity contribution >= 4 is 5.97 Å². The molecule has 0 bridgehead atoms. The van der Waals surface area contributed by atoms with E-state index in [0.29, 0.717) is 31.6 Å². The van der Waals surface area contributed by atoms with Crippen LogP contribution in [0.15, 0.2) is 49.1 Å². The second-order valence-electron chi connectivity index (χ2n) is 12.2. The fraction of sp³-hybridized carbons (Fsp3) is 0.581. The van der Waals surface area contributed by atoms with Crippen molar-refractivity contribution in [2.24, 2.45) is 11.3 Å². The Bertz CT molecular complexity index is 1150. The van der Waals surface area contributed by atoms with Crippen molar-refractivity contribution in [3.8, 4) is 0 Å². The van der Waals surface area contributed by atoms with Crippen LogP contribution in [0.3, 0.4) is 0 Å². The third-order valence-corrected chi connectivity index (χ3v) is 8.91. The van der Waals surface area contributed by atoms with E-state index in [0.717, 1.165) is 63.5 Å². The van der Waals surface area contributed by atoms with Gasteiger partial charge in [0.2, 0.25) is 0 Å². The Morgan fingerprint density at radius 1 is 1.02 bits per heavy atom. The first-order valence-corrected chi connectivity index (χ1v) is 14.8. The lowest BCUT2D eigenvalue weighted by Gasteiger charge is -2.44. The van der Waals surface area contributed by atoms with Gasteiger partial charge in [0, 0.05) is 50.5 Å². The third kappa shape index (κ3) is 6.65. The topological polar surface area (TPSA) is 104 Å². The standard InChI is InChI=1S/C31H45N7O2/c1-4-27-31(9-15-36(16-10-31)18-23(2)3)17-26(30(39)40)38(27)20-25-7-5-24(6-8-25)19-37(21-28-32-11-12-33-28)22-29-34-13-14-35-29/h5-8,11-14,23,26-27H,4,9-10,15-22H2,1-3H3,(H,32,33)(H,34,35)(H,39,40)/t26-,27?/m1/s1. The smallest absolute Gasteiger partial charge is 0.320 e. The second-order valence-corrected chi connectivity index (χ2v) is 12.2. The first kappa shape index (κ1) is 28.5. The maximum atomic E-state index is 12.5. The summed E-state index contributed by atoms with van der Waals surface area (Å²) in [6, 6.07) is 8.59. The van der Waals surface area contributed by atoms with Crippen molar-refractivity contribution in [3.63, 3.8) is 0 Å². The Morgan fingerprint density at radius 2 is 1.62 bits per heavy atom. The van der Waals surface area contributed by atoms with E-state index in [2.05, 4.69) is 79.7 Å². The van der Waals surface area contributed by atoms with Gasteiger partial charge in [0.1, 0.15) is 17.7 Å². The molecule has 1 spiro atoms. The molecule has 1 aromatic carbocycles. The van der Waals surface area contributed by atoms with Gasteiger partial charge in [-0.3, -0.25) is 14.6 Å². The van der Waals surface area contributed by atoms with Gasteiger partial charge in [-0.2, -0.15) is 0 Å². The largest absolute Gasteiger partial charge is 0.480 e. The van der Waals surface area contributed by atoms with E-state index in [9.17, 15) is 9.90 Å². The number of hydrogen-bond acceptors (Lipinski definition) is 6. The van der Waals surface area contributed by atoms with Crippen LogP contribution in [0, 0.1) is 11.3 Å². The van der Waals surface area contributed by atoms with Gasteiger partial charge >= 0.3 is 5.97 Å². The SMILES string of the molecule is CCC1N(Cc2ccc(CN(Cc3ncc[nH]3)Cc3ncc[nH]3)cc2)[C@@H](C(=O)O)CC12CCN(CC(C)C)CC2. The fourth-order valence-electron chi connectivity index (χ4n) is 7.14. The minimum atomic E-state index is -0.678. The summed E-state index contributed by atoms with van der Waals surface area (Å²) in [5, 5.41) is 10.2. The third-order valence-electron chi connectivity index (χ3n) is 8.91. The van der Waals surface area contributed by atoms with Crippen LogP contribution in [0.1, 0.15) is 69.2 Å². The summed E-state index contributed by atoms with van der Waals surface area (Å²) in [7, 11) is 0. The van der Waals surface area contributed by atoms with Crippen LogP contribution in [0.4, 0.5) is 0 Å². The predicted molar refractivity (Wildman–Crippen MR) is 155 cm³/mol. The first-order valence-electron chi connectivity index (χ1n) is 14.8. The number of likely N-dealkylation sites (tertiary alicyclic amines) is 2. The molecule has 2 saturated heterocycles. The van der Waals surface area contributed by atoms with Gasteiger partial charge in [0.05, 0.1) is 13.1 Å². The van der Waals surface area contributed by atoms with Crippen molar-refractivity contribution < 1.29 is 9.90 Å². The van der Waals surface area contributed by atoms with E-state index in [4.69, 9.17) is 0 Å². The summed E-state index contributed by atoms with van der Waals surface area (Å²) in [5.41, 5.74) is 2.48. The number of nitrogens with one attached hydrogen (secondary N) is 2. The zero-order valence-electron chi connectivity index (χ0n) is 24.2. The van der Waals surface area contributed by atoms with Gasteiger partial charge in [0.15, 0.2) is 0 Å². The average molecular weight is 548 g/mol. The molecule has 2 atom stereocenters. The number of benzene rings is 1. The zero-order chi connectivity index (χ0) is 28.1. The lowest BCUT2D eigenvalue weighted by molar-refractivity contribution is -0.142. The summed E-state index contributed by atoms with van der Waals surface area (Å²) in [4.78, 5) is 34.8. The molecule has 9 nitrogen and oxygen atoms in total. The number of H-pyrrole nitrogens is 2. The fourth-order valence-corrected chi connectivity index (χ4v) is 7.14. The Balaban J connectivity index is 1.26. The van der Waals surface area contributed by atoms with Gasteiger partial charge in [-0.1, -0.05) is 45.0 Å². The predicted octanol–water partition coefficient (Wildman–Crippen LogP) is 4.51. The van der Waals surface area contributed by atoms with Gasteiger partial charge in [-0.15, -0.1) is 0 Å². The summed E-state index contributed by atoms with van der Waals surface area (Å²) < 4.78 is 0. The van der Waals surface area contributed by atoms with Gasteiger partial charge in [-0.05, 0) is 61.2 Å². The Morgan fingerprint density at radius 3 is 2.12 bits per heavy atom. The first-order chi connectivity index (χ1) is 19.3. The molecule has 0 amide bonds. The molecule has 2 aliphatic heterocycles. The molecule has 2 fully saturated rings. The minimum Gasteiger partial charge on any atom is -0.480 e. The quantitative estimate of drug-likeness (QED) is 0.306. The average Bonchev–Trinajstić information content (AvgIpc) is 3.68. The van der Waals surface area contributed by atoms with Crippen molar-refractivity contribution in [1.29, 1.82) is 0 Å². The highest BCUT2D eigenvalue weighted by Crippen LogP contribution is 2.50. The molecule has 3 aromatic rings.